The Morgan fingerprint density at radius 2 is 1.96 bits per heavy atom. The number of rotatable bonds is 6. The fraction of sp³-hybridized carbons (Fsp3) is 0.158. The van der Waals surface area contributed by atoms with E-state index in [1.807, 2.05) is 61.5 Å². The Labute approximate surface area is 144 Å². The van der Waals surface area contributed by atoms with Crippen LogP contribution < -0.4 is 4.74 Å². The van der Waals surface area contributed by atoms with E-state index in [-0.39, 0.29) is 4.88 Å². The number of aromatic nitrogens is 1. The zero-order valence-electron chi connectivity index (χ0n) is 13.2. The predicted molar refractivity (Wildman–Crippen MR) is 94.9 cm³/mol. The van der Waals surface area contributed by atoms with Crippen molar-refractivity contribution in [3.8, 4) is 16.3 Å². The van der Waals surface area contributed by atoms with Crippen molar-refractivity contribution in [3.05, 3.63) is 70.7 Å². The van der Waals surface area contributed by atoms with E-state index in [1.165, 1.54) is 11.3 Å². The maximum Gasteiger partial charge on any atom is 0.347 e. The summed E-state index contributed by atoms with van der Waals surface area (Å²) in [5, 5.41) is 10.2. The third-order valence-electron chi connectivity index (χ3n) is 3.50. The monoisotopic (exact) mass is 339 g/mol. The molecule has 5 heteroatoms. The van der Waals surface area contributed by atoms with Crippen molar-refractivity contribution in [1.82, 2.24) is 4.98 Å². The van der Waals surface area contributed by atoms with Crippen LogP contribution in [0.1, 0.15) is 27.9 Å². The van der Waals surface area contributed by atoms with Crippen LogP contribution in [0.15, 0.2) is 54.6 Å². The minimum absolute atomic E-state index is 0.288. The number of thiazole rings is 1. The van der Waals surface area contributed by atoms with Crippen molar-refractivity contribution in [2.75, 3.05) is 6.61 Å². The highest BCUT2D eigenvalue weighted by atomic mass is 32.1. The van der Waals surface area contributed by atoms with Gasteiger partial charge in [0.2, 0.25) is 0 Å². The fourth-order valence-corrected chi connectivity index (χ4v) is 3.35. The summed E-state index contributed by atoms with van der Waals surface area (Å²) in [6, 6.07) is 17.3. The second-order valence-corrected chi connectivity index (χ2v) is 6.22. The van der Waals surface area contributed by atoms with E-state index >= 15 is 0 Å². The quantitative estimate of drug-likeness (QED) is 0.718. The molecule has 0 atom stereocenters. The summed E-state index contributed by atoms with van der Waals surface area (Å²) in [4.78, 5) is 16.4. The third kappa shape index (κ3) is 3.63. The van der Waals surface area contributed by atoms with Gasteiger partial charge in [-0.1, -0.05) is 42.5 Å². The van der Waals surface area contributed by atoms with Gasteiger partial charge in [-0.3, -0.25) is 0 Å². The van der Waals surface area contributed by atoms with Crippen molar-refractivity contribution >= 4 is 17.3 Å². The van der Waals surface area contributed by atoms with E-state index in [9.17, 15) is 9.90 Å². The van der Waals surface area contributed by atoms with Crippen LogP contribution in [0.5, 0.6) is 5.75 Å². The van der Waals surface area contributed by atoms with Crippen molar-refractivity contribution < 1.29 is 14.6 Å². The standard InChI is InChI=1S/C19H17NO3S/c1-2-23-15-10-6-9-14(12-15)18-20-16(17(24-18)19(21)22)11-13-7-4-3-5-8-13/h3-10,12H,2,11H2,1H3,(H,21,22). The molecule has 0 spiro atoms. The summed E-state index contributed by atoms with van der Waals surface area (Å²) < 4.78 is 5.51. The summed E-state index contributed by atoms with van der Waals surface area (Å²) in [6.07, 6.45) is 0.504. The molecule has 122 valence electrons. The van der Waals surface area contributed by atoms with Crippen LogP contribution in [-0.2, 0) is 6.42 Å². The van der Waals surface area contributed by atoms with Crippen LogP contribution in [0.25, 0.3) is 10.6 Å². The molecule has 0 aliphatic heterocycles. The predicted octanol–water partition coefficient (Wildman–Crippen LogP) is 4.50. The zero-order chi connectivity index (χ0) is 16.9. The number of hydrogen-bond donors (Lipinski definition) is 1. The van der Waals surface area contributed by atoms with Gasteiger partial charge in [0, 0.05) is 12.0 Å². The molecule has 1 heterocycles. The Morgan fingerprint density at radius 3 is 2.67 bits per heavy atom. The third-order valence-corrected chi connectivity index (χ3v) is 4.63. The topological polar surface area (TPSA) is 59.4 Å². The number of aromatic carboxylic acids is 1. The Bertz CT molecular complexity index is 843. The molecule has 3 aromatic rings. The molecule has 0 saturated carbocycles. The van der Waals surface area contributed by atoms with Gasteiger partial charge in [0.15, 0.2) is 0 Å². The van der Waals surface area contributed by atoms with E-state index in [0.717, 1.165) is 16.9 Å². The lowest BCUT2D eigenvalue weighted by Gasteiger charge is -2.03. The average Bonchev–Trinajstić information content (AvgIpc) is 3.00. The van der Waals surface area contributed by atoms with Crippen LogP contribution in [-0.4, -0.2) is 22.7 Å². The molecule has 0 radical (unpaired) electrons. The van der Waals surface area contributed by atoms with Crippen molar-refractivity contribution in [2.24, 2.45) is 0 Å². The maximum atomic E-state index is 11.6. The molecule has 0 aliphatic carbocycles. The Hall–Kier alpha value is -2.66. The molecule has 1 aromatic heterocycles. The van der Waals surface area contributed by atoms with Gasteiger partial charge in [0.05, 0.1) is 12.3 Å². The van der Waals surface area contributed by atoms with Gasteiger partial charge in [-0.15, -0.1) is 11.3 Å². The van der Waals surface area contributed by atoms with Crippen LogP contribution in [0.2, 0.25) is 0 Å². The van der Waals surface area contributed by atoms with Gasteiger partial charge in [-0.25, -0.2) is 9.78 Å². The Morgan fingerprint density at radius 1 is 1.17 bits per heavy atom. The molecule has 4 nitrogen and oxygen atoms in total. The van der Waals surface area contributed by atoms with E-state index in [0.29, 0.717) is 23.7 Å². The SMILES string of the molecule is CCOc1cccc(-c2nc(Cc3ccccc3)c(C(=O)O)s2)c1. The molecule has 24 heavy (non-hydrogen) atoms. The molecular weight excluding hydrogens is 322 g/mol. The lowest BCUT2D eigenvalue weighted by molar-refractivity contribution is 0.0701. The van der Waals surface area contributed by atoms with Crippen LogP contribution in [0.3, 0.4) is 0 Å². The lowest BCUT2D eigenvalue weighted by Crippen LogP contribution is -1.99. The number of ether oxygens (including phenoxy) is 1. The van der Waals surface area contributed by atoms with Crippen LogP contribution in [0, 0.1) is 0 Å². The fourth-order valence-electron chi connectivity index (χ4n) is 2.44. The first kappa shape index (κ1) is 16.2. The molecule has 0 amide bonds. The highest BCUT2D eigenvalue weighted by molar-refractivity contribution is 7.17. The van der Waals surface area contributed by atoms with E-state index < -0.39 is 5.97 Å². The molecule has 2 aromatic carbocycles. The van der Waals surface area contributed by atoms with Gasteiger partial charge in [0.1, 0.15) is 15.6 Å². The Balaban J connectivity index is 1.97. The first-order chi connectivity index (χ1) is 11.7. The van der Waals surface area contributed by atoms with Gasteiger partial charge >= 0.3 is 5.97 Å². The minimum atomic E-state index is -0.939. The van der Waals surface area contributed by atoms with Gasteiger partial charge in [0.25, 0.3) is 0 Å². The molecule has 3 rings (SSSR count). The normalized spacial score (nSPS) is 10.5. The molecular formula is C19H17NO3S. The first-order valence-electron chi connectivity index (χ1n) is 7.67. The molecule has 0 unspecified atom stereocenters. The number of carboxylic acid groups (broad SMARTS) is 1. The number of hydrogen-bond acceptors (Lipinski definition) is 4. The van der Waals surface area contributed by atoms with Gasteiger partial charge in [-0.05, 0) is 24.6 Å². The number of carbonyl (C=O) groups is 1. The second-order valence-electron chi connectivity index (χ2n) is 5.22. The van der Waals surface area contributed by atoms with E-state index in [2.05, 4.69) is 4.98 Å². The highest BCUT2D eigenvalue weighted by Crippen LogP contribution is 2.31. The van der Waals surface area contributed by atoms with Crippen molar-refractivity contribution in [3.63, 3.8) is 0 Å². The molecule has 1 N–H and O–H groups in total. The van der Waals surface area contributed by atoms with E-state index in [1.54, 1.807) is 0 Å². The summed E-state index contributed by atoms with van der Waals surface area (Å²) >= 11 is 1.20. The van der Waals surface area contributed by atoms with Crippen LogP contribution >= 0.6 is 11.3 Å². The summed E-state index contributed by atoms with van der Waals surface area (Å²) in [7, 11) is 0. The summed E-state index contributed by atoms with van der Waals surface area (Å²) in [5.74, 6) is -0.183. The number of benzene rings is 2. The van der Waals surface area contributed by atoms with Crippen molar-refractivity contribution in [2.45, 2.75) is 13.3 Å². The molecule has 0 fully saturated rings. The van der Waals surface area contributed by atoms with Gasteiger partial charge < -0.3 is 9.84 Å². The summed E-state index contributed by atoms with van der Waals surface area (Å²) in [5.41, 5.74) is 2.50. The highest BCUT2D eigenvalue weighted by Gasteiger charge is 2.18. The van der Waals surface area contributed by atoms with E-state index in [4.69, 9.17) is 4.74 Å². The lowest BCUT2D eigenvalue weighted by atomic mass is 10.1. The smallest absolute Gasteiger partial charge is 0.347 e. The molecule has 0 aliphatic rings. The van der Waals surface area contributed by atoms with Gasteiger partial charge in [-0.2, -0.15) is 0 Å². The minimum Gasteiger partial charge on any atom is -0.494 e. The van der Waals surface area contributed by atoms with Crippen LogP contribution in [0.4, 0.5) is 0 Å². The maximum absolute atomic E-state index is 11.6. The molecule has 0 bridgehead atoms. The Kier molecular flexibility index (Phi) is 4.91. The second kappa shape index (κ2) is 7.27. The average molecular weight is 339 g/mol. The molecule has 0 saturated heterocycles. The number of nitrogens with zero attached hydrogens (tertiary/aromatic N) is 1. The van der Waals surface area contributed by atoms with Crippen molar-refractivity contribution in [1.29, 1.82) is 0 Å². The summed E-state index contributed by atoms with van der Waals surface area (Å²) in [6.45, 7) is 2.51. The number of carboxylic acids is 1. The first-order valence-corrected chi connectivity index (χ1v) is 8.49. The largest absolute Gasteiger partial charge is 0.494 e. The zero-order valence-corrected chi connectivity index (χ0v) is 14.0.